The molecule has 1 aliphatic rings. The third kappa shape index (κ3) is 6.77. The molecule has 1 fully saturated rings. The van der Waals surface area contributed by atoms with Crippen molar-refractivity contribution < 1.29 is 23.6 Å². The number of amides is 2. The van der Waals surface area contributed by atoms with Crippen LogP contribution >= 0.6 is 23.2 Å². The zero-order chi connectivity index (χ0) is 22.3. The Kier molecular flexibility index (Phi) is 9.24. The topological polar surface area (TPSA) is 83.6 Å². The van der Waals surface area contributed by atoms with E-state index in [0.29, 0.717) is 29.4 Å². The number of nitrogens with zero attached hydrogens (tertiary/aromatic N) is 1. The monoisotopic (exact) mass is 458 g/mol. The van der Waals surface area contributed by atoms with Crippen molar-refractivity contribution in [1.29, 1.82) is 0 Å². The first kappa shape index (κ1) is 24.3. The number of halogens is 3. The van der Waals surface area contributed by atoms with Gasteiger partial charge in [-0.1, -0.05) is 29.3 Å². The smallest absolute Gasteiger partial charge is 0.243 e. The standard InChI is InChI=1S/C21H25Cl2FN2O4/c1-13(27)10-17(19(28)12-24)25-21(30)18-4-2-3-9-26(18)20(29)8-6-14-5-7-15(22)16(23)11-14/h5,7,11,17-18H,2-4,6,8-10,12H2,1H3,(H,25,30). The Balaban J connectivity index is 2.03. The summed E-state index contributed by atoms with van der Waals surface area (Å²) < 4.78 is 12.8. The lowest BCUT2D eigenvalue weighted by Gasteiger charge is -2.35. The fourth-order valence-corrected chi connectivity index (χ4v) is 3.81. The quantitative estimate of drug-likeness (QED) is 0.614. The largest absolute Gasteiger partial charge is 0.344 e. The summed E-state index contributed by atoms with van der Waals surface area (Å²) in [6.07, 6.45) is 2.31. The number of alkyl halides is 1. The van der Waals surface area contributed by atoms with Gasteiger partial charge in [0.05, 0.1) is 16.1 Å². The first-order valence-electron chi connectivity index (χ1n) is 9.84. The van der Waals surface area contributed by atoms with Gasteiger partial charge in [-0.15, -0.1) is 0 Å². The molecule has 9 heteroatoms. The van der Waals surface area contributed by atoms with Gasteiger partial charge in [-0.3, -0.25) is 19.2 Å². The van der Waals surface area contributed by atoms with Crippen LogP contribution in [-0.4, -0.2) is 53.6 Å². The van der Waals surface area contributed by atoms with E-state index in [-0.39, 0.29) is 24.5 Å². The molecule has 1 saturated heterocycles. The van der Waals surface area contributed by atoms with Crippen LogP contribution in [0.1, 0.15) is 44.6 Å². The SMILES string of the molecule is CC(=O)CC(NC(=O)C1CCCCN1C(=O)CCc1ccc(Cl)c(Cl)c1)C(=O)CF. The molecule has 1 aromatic rings. The summed E-state index contributed by atoms with van der Waals surface area (Å²) in [5.74, 6) is -1.92. The Hall–Kier alpha value is -1.99. The highest BCUT2D eigenvalue weighted by molar-refractivity contribution is 6.42. The maximum absolute atomic E-state index is 12.8. The number of hydrogen-bond donors (Lipinski definition) is 1. The second-order valence-corrected chi connectivity index (χ2v) is 8.23. The molecule has 164 valence electrons. The van der Waals surface area contributed by atoms with Crippen LogP contribution in [-0.2, 0) is 25.6 Å². The Morgan fingerprint density at radius 1 is 1.20 bits per heavy atom. The molecule has 0 radical (unpaired) electrons. The average molecular weight is 459 g/mol. The zero-order valence-electron chi connectivity index (χ0n) is 16.8. The molecule has 0 saturated carbocycles. The van der Waals surface area contributed by atoms with Crippen LogP contribution in [0.3, 0.4) is 0 Å². The summed E-state index contributed by atoms with van der Waals surface area (Å²) in [7, 11) is 0. The molecular formula is C21H25Cl2FN2O4. The lowest BCUT2D eigenvalue weighted by molar-refractivity contribution is -0.143. The van der Waals surface area contributed by atoms with Crippen LogP contribution in [0.4, 0.5) is 4.39 Å². The normalized spacial score (nSPS) is 17.3. The van der Waals surface area contributed by atoms with E-state index in [2.05, 4.69) is 5.32 Å². The zero-order valence-corrected chi connectivity index (χ0v) is 18.3. The predicted molar refractivity (Wildman–Crippen MR) is 112 cm³/mol. The molecule has 2 amide bonds. The number of ketones is 2. The van der Waals surface area contributed by atoms with Crippen molar-refractivity contribution in [1.82, 2.24) is 10.2 Å². The van der Waals surface area contributed by atoms with Gasteiger partial charge in [0.2, 0.25) is 11.8 Å². The Bertz CT molecular complexity index is 818. The van der Waals surface area contributed by atoms with Crippen LogP contribution in [0.5, 0.6) is 0 Å². The molecule has 0 aromatic heterocycles. The highest BCUT2D eigenvalue weighted by atomic mass is 35.5. The number of likely N-dealkylation sites (tertiary alicyclic amines) is 1. The van der Waals surface area contributed by atoms with E-state index in [0.717, 1.165) is 18.4 Å². The fraction of sp³-hybridized carbons (Fsp3) is 0.524. The first-order valence-corrected chi connectivity index (χ1v) is 10.6. The Morgan fingerprint density at radius 3 is 2.57 bits per heavy atom. The second-order valence-electron chi connectivity index (χ2n) is 7.41. The molecular weight excluding hydrogens is 434 g/mol. The molecule has 1 heterocycles. The van der Waals surface area contributed by atoms with E-state index < -0.39 is 30.4 Å². The van der Waals surface area contributed by atoms with Crippen LogP contribution in [0.2, 0.25) is 10.0 Å². The van der Waals surface area contributed by atoms with Gasteiger partial charge in [-0.05, 0) is 50.3 Å². The number of carbonyl (C=O) groups is 4. The molecule has 2 unspecified atom stereocenters. The van der Waals surface area contributed by atoms with Gasteiger partial charge in [-0.25, -0.2) is 4.39 Å². The molecule has 0 bridgehead atoms. The summed E-state index contributed by atoms with van der Waals surface area (Å²) in [5.41, 5.74) is 0.853. The Morgan fingerprint density at radius 2 is 1.93 bits per heavy atom. The number of Topliss-reactive ketones (excluding diaryl/α,β-unsaturated/α-hetero) is 2. The van der Waals surface area contributed by atoms with Gasteiger partial charge in [-0.2, -0.15) is 0 Å². The van der Waals surface area contributed by atoms with Gasteiger partial charge in [0.25, 0.3) is 0 Å². The maximum Gasteiger partial charge on any atom is 0.243 e. The van der Waals surface area contributed by atoms with Crippen molar-refractivity contribution in [3.8, 4) is 0 Å². The van der Waals surface area contributed by atoms with E-state index >= 15 is 0 Å². The lowest BCUT2D eigenvalue weighted by Crippen LogP contribution is -2.55. The third-order valence-corrected chi connectivity index (χ3v) is 5.80. The number of aryl methyl sites for hydroxylation is 1. The van der Waals surface area contributed by atoms with Gasteiger partial charge >= 0.3 is 0 Å². The number of carbonyl (C=O) groups excluding carboxylic acids is 4. The number of nitrogens with one attached hydrogen (secondary N) is 1. The van der Waals surface area contributed by atoms with Crippen LogP contribution in [0.15, 0.2) is 18.2 Å². The van der Waals surface area contributed by atoms with Crippen LogP contribution in [0, 0.1) is 0 Å². The first-order chi connectivity index (χ1) is 14.2. The number of hydrogen-bond acceptors (Lipinski definition) is 4. The number of benzene rings is 1. The molecule has 1 aromatic carbocycles. The molecule has 30 heavy (non-hydrogen) atoms. The van der Waals surface area contributed by atoms with Crippen LogP contribution in [0.25, 0.3) is 0 Å². The van der Waals surface area contributed by atoms with Crippen molar-refractivity contribution in [2.24, 2.45) is 0 Å². The molecule has 2 rings (SSSR count). The van der Waals surface area contributed by atoms with Gasteiger partial charge in [0.1, 0.15) is 18.5 Å². The maximum atomic E-state index is 12.8. The van der Waals surface area contributed by atoms with E-state index in [1.165, 1.54) is 11.8 Å². The lowest BCUT2D eigenvalue weighted by atomic mass is 9.98. The van der Waals surface area contributed by atoms with Crippen molar-refractivity contribution in [2.45, 2.75) is 57.5 Å². The summed E-state index contributed by atoms with van der Waals surface area (Å²) in [6.45, 7) is 0.423. The van der Waals surface area contributed by atoms with E-state index in [1.807, 2.05) is 0 Å². The highest BCUT2D eigenvalue weighted by Crippen LogP contribution is 2.24. The average Bonchev–Trinajstić information content (AvgIpc) is 2.72. The minimum Gasteiger partial charge on any atom is -0.344 e. The molecule has 1 aliphatic heterocycles. The van der Waals surface area contributed by atoms with Gasteiger partial charge < -0.3 is 10.2 Å². The third-order valence-electron chi connectivity index (χ3n) is 5.07. The van der Waals surface area contributed by atoms with Gasteiger partial charge in [0.15, 0.2) is 5.78 Å². The van der Waals surface area contributed by atoms with Crippen molar-refractivity contribution in [2.75, 3.05) is 13.2 Å². The second kappa shape index (κ2) is 11.4. The molecule has 0 spiro atoms. The van der Waals surface area contributed by atoms with Crippen molar-refractivity contribution in [3.63, 3.8) is 0 Å². The summed E-state index contributed by atoms with van der Waals surface area (Å²) >= 11 is 11.9. The number of rotatable bonds is 9. The predicted octanol–water partition coefficient (Wildman–Crippen LogP) is 3.31. The summed E-state index contributed by atoms with van der Waals surface area (Å²) in [4.78, 5) is 50.2. The van der Waals surface area contributed by atoms with E-state index in [1.54, 1.807) is 18.2 Å². The molecule has 6 nitrogen and oxygen atoms in total. The summed E-state index contributed by atoms with van der Waals surface area (Å²) in [6, 6.07) is 3.19. The van der Waals surface area contributed by atoms with Crippen molar-refractivity contribution in [3.05, 3.63) is 33.8 Å². The van der Waals surface area contributed by atoms with Gasteiger partial charge in [0, 0.05) is 19.4 Å². The minimum atomic E-state index is -1.27. The molecule has 0 aliphatic carbocycles. The fourth-order valence-electron chi connectivity index (χ4n) is 3.49. The number of piperidine rings is 1. The highest BCUT2D eigenvalue weighted by Gasteiger charge is 2.34. The molecule has 2 atom stereocenters. The summed E-state index contributed by atoms with van der Waals surface area (Å²) in [5, 5.41) is 3.31. The van der Waals surface area contributed by atoms with Crippen molar-refractivity contribution >= 4 is 46.6 Å². The minimum absolute atomic E-state index is 0.183. The van der Waals surface area contributed by atoms with E-state index in [9.17, 15) is 23.6 Å². The molecule has 1 N–H and O–H groups in total. The Labute approximate surface area is 185 Å². The van der Waals surface area contributed by atoms with E-state index in [4.69, 9.17) is 23.2 Å². The van der Waals surface area contributed by atoms with Crippen LogP contribution < -0.4 is 5.32 Å².